The highest BCUT2D eigenvalue weighted by atomic mass is 35.5. The lowest BCUT2D eigenvalue weighted by Gasteiger charge is -2.07. The van der Waals surface area contributed by atoms with Crippen molar-refractivity contribution in [3.05, 3.63) is 29.4 Å². The molecule has 0 aliphatic rings. The molecule has 0 aliphatic heterocycles. The van der Waals surface area contributed by atoms with Crippen LogP contribution in [-0.2, 0) is 13.5 Å². The smallest absolute Gasteiger partial charge is 0.144 e. The summed E-state index contributed by atoms with van der Waals surface area (Å²) in [5.41, 5.74) is 6.11. The van der Waals surface area contributed by atoms with Crippen molar-refractivity contribution in [3.8, 4) is 0 Å². The molecule has 0 spiro atoms. The minimum atomic E-state index is 0.517. The fraction of sp³-hybridized carbons (Fsp3) is 0.300. The first-order valence-corrected chi connectivity index (χ1v) is 5.52. The number of nitrogens with zero attached hydrogens (tertiary/aromatic N) is 4. The molecule has 0 bridgehead atoms. The highest BCUT2D eigenvalue weighted by Crippen LogP contribution is 2.20. The van der Waals surface area contributed by atoms with Crippen LogP contribution in [0.25, 0.3) is 0 Å². The number of aromatic nitrogens is 4. The standard InChI is InChI=1S/C10H13ClN6/c1-17-6-15-16-9(17)2-3-13-10-8(11)4-7(12)5-14-10/h4-6H,2-3,12H2,1H3,(H,13,14). The summed E-state index contributed by atoms with van der Waals surface area (Å²) in [6.45, 7) is 0.684. The van der Waals surface area contributed by atoms with Crippen LogP contribution in [-0.4, -0.2) is 26.3 Å². The van der Waals surface area contributed by atoms with Crippen LogP contribution in [0.15, 0.2) is 18.6 Å². The number of pyridine rings is 1. The molecule has 0 saturated carbocycles. The van der Waals surface area contributed by atoms with Crippen LogP contribution < -0.4 is 11.1 Å². The van der Waals surface area contributed by atoms with E-state index < -0.39 is 0 Å². The van der Waals surface area contributed by atoms with Gasteiger partial charge in [-0.05, 0) is 6.07 Å². The van der Waals surface area contributed by atoms with Crippen LogP contribution in [0.5, 0.6) is 0 Å². The van der Waals surface area contributed by atoms with E-state index in [1.807, 2.05) is 11.6 Å². The topological polar surface area (TPSA) is 81.7 Å². The largest absolute Gasteiger partial charge is 0.397 e. The predicted molar refractivity (Wildman–Crippen MR) is 66.9 cm³/mol. The summed E-state index contributed by atoms with van der Waals surface area (Å²) in [6, 6.07) is 1.67. The molecule has 17 heavy (non-hydrogen) atoms. The zero-order chi connectivity index (χ0) is 12.3. The number of rotatable bonds is 4. The van der Waals surface area contributed by atoms with Gasteiger partial charge < -0.3 is 15.6 Å². The minimum Gasteiger partial charge on any atom is -0.397 e. The molecule has 3 N–H and O–H groups in total. The lowest BCUT2D eigenvalue weighted by Crippen LogP contribution is -2.10. The highest BCUT2D eigenvalue weighted by molar-refractivity contribution is 6.33. The molecule has 6 nitrogen and oxygen atoms in total. The van der Waals surface area contributed by atoms with Crippen molar-refractivity contribution < 1.29 is 0 Å². The Morgan fingerprint density at radius 3 is 3.00 bits per heavy atom. The number of aryl methyl sites for hydroxylation is 1. The van der Waals surface area contributed by atoms with E-state index in [1.54, 1.807) is 18.6 Å². The molecule has 0 amide bonds. The van der Waals surface area contributed by atoms with E-state index in [4.69, 9.17) is 17.3 Å². The molecule has 0 atom stereocenters. The van der Waals surface area contributed by atoms with Crippen LogP contribution in [0.1, 0.15) is 5.82 Å². The zero-order valence-electron chi connectivity index (χ0n) is 9.39. The van der Waals surface area contributed by atoms with Gasteiger partial charge in [0.2, 0.25) is 0 Å². The van der Waals surface area contributed by atoms with Crippen molar-refractivity contribution in [2.75, 3.05) is 17.6 Å². The molecule has 2 aromatic rings. The zero-order valence-corrected chi connectivity index (χ0v) is 10.1. The summed E-state index contributed by atoms with van der Waals surface area (Å²) in [5.74, 6) is 1.53. The van der Waals surface area contributed by atoms with Gasteiger partial charge in [0, 0.05) is 20.0 Å². The Kier molecular flexibility index (Phi) is 3.43. The minimum absolute atomic E-state index is 0.517. The third-order valence-electron chi connectivity index (χ3n) is 2.31. The van der Waals surface area contributed by atoms with Gasteiger partial charge in [0.05, 0.1) is 16.9 Å². The van der Waals surface area contributed by atoms with Gasteiger partial charge in [-0.25, -0.2) is 4.98 Å². The number of nitrogens with two attached hydrogens (primary N) is 1. The third kappa shape index (κ3) is 2.85. The van der Waals surface area contributed by atoms with Gasteiger partial charge >= 0.3 is 0 Å². The number of hydrogen-bond acceptors (Lipinski definition) is 5. The average Bonchev–Trinajstić information content (AvgIpc) is 2.68. The summed E-state index contributed by atoms with van der Waals surface area (Å²) < 4.78 is 1.87. The van der Waals surface area contributed by atoms with E-state index in [0.717, 1.165) is 12.2 Å². The summed E-state index contributed by atoms with van der Waals surface area (Å²) in [4.78, 5) is 4.11. The average molecular weight is 253 g/mol. The van der Waals surface area contributed by atoms with Gasteiger partial charge in [-0.1, -0.05) is 11.6 Å². The maximum absolute atomic E-state index is 5.98. The third-order valence-corrected chi connectivity index (χ3v) is 2.60. The normalized spacial score (nSPS) is 10.5. The Morgan fingerprint density at radius 1 is 1.53 bits per heavy atom. The van der Waals surface area contributed by atoms with Gasteiger partial charge in [-0.3, -0.25) is 0 Å². The first-order valence-electron chi connectivity index (χ1n) is 5.14. The van der Waals surface area contributed by atoms with Crippen molar-refractivity contribution in [3.63, 3.8) is 0 Å². The molecule has 0 fully saturated rings. The van der Waals surface area contributed by atoms with Crippen molar-refractivity contribution in [2.45, 2.75) is 6.42 Å². The quantitative estimate of drug-likeness (QED) is 0.852. The van der Waals surface area contributed by atoms with Crippen LogP contribution in [0.4, 0.5) is 11.5 Å². The maximum atomic E-state index is 5.98. The van der Waals surface area contributed by atoms with Gasteiger partial charge in [0.1, 0.15) is 18.0 Å². The second-order valence-corrected chi connectivity index (χ2v) is 4.04. The first kappa shape index (κ1) is 11.7. The Hall–Kier alpha value is -1.82. The second kappa shape index (κ2) is 5.01. The van der Waals surface area contributed by atoms with E-state index in [2.05, 4.69) is 20.5 Å². The summed E-state index contributed by atoms with van der Waals surface area (Å²) >= 11 is 5.98. The molecule has 2 heterocycles. The van der Waals surface area contributed by atoms with Crippen molar-refractivity contribution in [1.29, 1.82) is 0 Å². The molecule has 0 radical (unpaired) electrons. The fourth-order valence-corrected chi connectivity index (χ4v) is 1.65. The number of halogens is 1. The molecule has 0 saturated heterocycles. The Morgan fingerprint density at radius 2 is 2.35 bits per heavy atom. The second-order valence-electron chi connectivity index (χ2n) is 3.63. The summed E-state index contributed by atoms with van der Waals surface area (Å²) in [7, 11) is 1.91. The molecule has 0 unspecified atom stereocenters. The van der Waals surface area contributed by atoms with E-state index in [1.165, 1.54) is 0 Å². The fourth-order valence-electron chi connectivity index (χ4n) is 1.41. The number of nitrogens with one attached hydrogen (secondary N) is 1. The van der Waals surface area contributed by atoms with Crippen LogP contribution >= 0.6 is 11.6 Å². The Bertz CT molecular complexity index is 509. The lowest BCUT2D eigenvalue weighted by atomic mass is 10.3. The van der Waals surface area contributed by atoms with Gasteiger partial charge in [-0.2, -0.15) is 0 Å². The van der Waals surface area contributed by atoms with Crippen LogP contribution in [0, 0.1) is 0 Å². The molecule has 0 aliphatic carbocycles. The predicted octanol–water partition coefficient (Wildman–Crippen LogP) is 1.10. The van der Waals surface area contributed by atoms with Gasteiger partial charge in [0.15, 0.2) is 0 Å². The Labute approximate surface area is 104 Å². The van der Waals surface area contributed by atoms with Crippen LogP contribution in [0.3, 0.4) is 0 Å². The number of anilines is 2. The van der Waals surface area contributed by atoms with Crippen LogP contribution in [0.2, 0.25) is 5.02 Å². The van der Waals surface area contributed by atoms with Gasteiger partial charge in [0.25, 0.3) is 0 Å². The molecule has 2 aromatic heterocycles. The van der Waals surface area contributed by atoms with E-state index >= 15 is 0 Å². The maximum Gasteiger partial charge on any atom is 0.144 e. The molecule has 7 heteroatoms. The van der Waals surface area contributed by atoms with E-state index in [-0.39, 0.29) is 0 Å². The molecule has 2 rings (SSSR count). The van der Waals surface area contributed by atoms with Crippen molar-refractivity contribution in [2.24, 2.45) is 7.05 Å². The molecule has 0 aromatic carbocycles. The van der Waals surface area contributed by atoms with Crippen molar-refractivity contribution >= 4 is 23.1 Å². The number of nitrogen functional groups attached to an aromatic ring is 1. The van der Waals surface area contributed by atoms with E-state index in [9.17, 15) is 0 Å². The van der Waals surface area contributed by atoms with Gasteiger partial charge in [-0.15, -0.1) is 10.2 Å². The van der Waals surface area contributed by atoms with Crippen molar-refractivity contribution in [1.82, 2.24) is 19.7 Å². The molecular formula is C10H13ClN6. The Balaban J connectivity index is 1.92. The number of hydrogen-bond donors (Lipinski definition) is 2. The molecular weight excluding hydrogens is 240 g/mol. The first-order chi connectivity index (χ1) is 8.16. The monoisotopic (exact) mass is 252 g/mol. The summed E-state index contributed by atoms with van der Waals surface area (Å²) in [6.07, 6.45) is 3.99. The molecule has 90 valence electrons. The van der Waals surface area contributed by atoms with E-state index in [0.29, 0.717) is 23.1 Å². The highest BCUT2D eigenvalue weighted by Gasteiger charge is 2.03. The SMILES string of the molecule is Cn1cnnc1CCNc1ncc(N)cc1Cl. The lowest BCUT2D eigenvalue weighted by molar-refractivity contribution is 0.787. The summed E-state index contributed by atoms with van der Waals surface area (Å²) in [5, 5.41) is 11.4.